The maximum Gasteiger partial charge on any atom is 0.0277 e. The zero-order valence-electron chi connectivity index (χ0n) is 13.5. The van der Waals surface area contributed by atoms with Crippen molar-refractivity contribution in [3.05, 3.63) is 0 Å². The Kier molecular flexibility index (Phi) is 5.70. The van der Waals surface area contributed by atoms with E-state index in [0.29, 0.717) is 6.04 Å². The summed E-state index contributed by atoms with van der Waals surface area (Å²) < 4.78 is 0. The molecule has 0 bridgehead atoms. The topological polar surface area (TPSA) is 15.3 Å². The van der Waals surface area contributed by atoms with Crippen LogP contribution in [0.3, 0.4) is 0 Å². The van der Waals surface area contributed by atoms with Crippen molar-refractivity contribution < 1.29 is 0 Å². The molecule has 1 N–H and O–H groups in total. The standard InChI is InChI=1S/C17H34N2/c1-5-15-9-7-6-8-10-19(15)17-14(3)11-13(2)12-16(17)18-4/h13-18H,5-12H2,1-4H3. The van der Waals surface area contributed by atoms with Crippen molar-refractivity contribution in [1.29, 1.82) is 0 Å². The summed E-state index contributed by atoms with van der Waals surface area (Å²) in [5.74, 6) is 1.73. The molecule has 2 fully saturated rings. The van der Waals surface area contributed by atoms with Crippen LogP contribution in [0.1, 0.15) is 65.7 Å². The third-order valence-electron chi connectivity index (χ3n) is 5.57. The zero-order chi connectivity index (χ0) is 13.8. The molecule has 2 rings (SSSR count). The second kappa shape index (κ2) is 7.08. The highest BCUT2D eigenvalue weighted by atomic mass is 15.2. The van der Waals surface area contributed by atoms with Crippen LogP contribution in [0.25, 0.3) is 0 Å². The first-order valence-corrected chi connectivity index (χ1v) is 8.60. The first-order chi connectivity index (χ1) is 9.17. The van der Waals surface area contributed by atoms with Crippen LogP contribution in [0.5, 0.6) is 0 Å². The van der Waals surface area contributed by atoms with Crippen molar-refractivity contribution in [3.8, 4) is 0 Å². The molecule has 2 nitrogen and oxygen atoms in total. The van der Waals surface area contributed by atoms with Crippen molar-refractivity contribution in [2.45, 2.75) is 83.8 Å². The van der Waals surface area contributed by atoms with E-state index in [9.17, 15) is 0 Å². The van der Waals surface area contributed by atoms with E-state index in [0.717, 1.165) is 23.9 Å². The highest BCUT2D eigenvalue weighted by Crippen LogP contribution is 2.35. The molecule has 1 aliphatic heterocycles. The Balaban J connectivity index is 2.14. The first kappa shape index (κ1) is 15.3. The van der Waals surface area contributed by atoms with Crippen LogP contribution in [0.15, 0.2) is 0 Å². The molecular formula is C17H34N2. The molecular weight excluding hydrogens is 232 g/mol. The van der Waals surface area contributed by atoms with Crippen molar-refractivity contribution in [2.24, 2.45) is 11.8 Å². The Morgan fingerprint density at radius 3 is 2.58 bits per heavy atom. The van der Waals surface area contributed by atoms with Crippen molar-refractivity contribution >= 4 is 0 Å². The first-order valence-electron chi connectivity index (χ1n) is 8.60. The number of hydrogen-bond donors (Lipinski definition) is 1. The van der Waals surface area contributed by atoms with E-state index in [4.69, 9.17) is 0 Å². The zero-order valence-corrected chi connectivity index (χ0v) is 13.5. The Labute approximate surface area is 120 Å². The lowest BCUT2D eigenvalue weighted by molar-refractivity contribution is 0.0324. The number of hydrogen-bond acceptors (Lipinski definition) is 2. The summed E-state index contributed by atoms with van der Waals surface area (Å²) in [4.78, 5) is 2.89. The van der Waals surface area contributed by atoms with E-state index in [1.54, 1.807) is 0 Å². The van der Waals surface area contributed by atoms with Crippen molar-refractivity contribution in [3.63, 3.8) is 0 Å². The van der Waals surface area contributed by atoms with Gasteiger partial charge >= 0.3 is 0 Å². The third-order valence-corrected chi connectivity index (χ3v) is 5.57. The smallest absolute Gasteiger partial charge is 0.0277 e. The van der Waals surface area contributed by atoms with Crippen LogP contribution < -0.4 is 5.32 Å². The molecule has 1 aliphatic carbocycles. The molecule has 0 amide bonds. The van der Waals surface area contributed by atoms with Gasteiger partial charge in [0.2, 0.25) is 0 Å². The SMILES string of the molecule is CCC1CCCCCN1C1C(C)CC(C)CC1NC. The largest absolute Gasteiger partial charge is 0.315 e. The van der Waals surface area contributed by atoms with Gasteiger partial charge in [0.05, 0.1) is 0 Å². The lowest BCUT2D eigenvalue weighted by Crippen LogP contribution is -2.58. The minimum absolute atomic E-state index is 0.700. The predicted octanol–water partition coefficient (Wildman–Crippen LogP) is 3.66. The summed E-state index contributed by atoms with van der Waals surface area (Å²) in [7, 11) is 2.17. The summed E-state index contributed by atoms with van der Waals surface area (Å²) in [6.45, 7) is 8.63. The molecule has 0 spiro atoms. The molecule has 1 saturated heterocycles. The van der Waals surface area contributed by atoms with Gasteiger partial charge in [0, 0.05) is 18.1 Å². The van der Waals surface area contributed by atoms with E-state index >= 15 is 0 Å². The fourth-order valence-electron chi connectivity index (χ4n) is 4.72. The Morgan fingerprint density at radius 2 is 1.89 bits per heavy atom. The van der Waals surface area contributed by atoms with E-state index < -0.39 is 0 Å². The monoisotopic (exact) mass is 266 g/mol. The second-order valence-electron chi connectivity index (χ2n) is 7.09. The number of rotatable bonds is 3. The lowest BCUT2D eigenvalue weighted by atomic mass is 9.75. The van der Waals surface area contributed by atoms with Gasteiger partial charge in [-0.25, -0.2) is 0 Å². The molecule has 2 heteroatoms. The maximum atomic E-state index is 3.64. The molecule has 5 atom stereocenters. The molecule has 2 aliphatic rings. The lowest BCUT2D eigenvalue weighted by Gasteiger charge is -2.48. The van der Waals surface area contributed by atoms with E-state index in [2.05, 4.69) is 38.0 Å². The molecule has 1 saturated carbocycles. The van der Waals surface area contributed by atoms with Crippen LogP contribution in [0.4, 0.5) is 0 Å². The predicted molar refractivity (Wildman–Crippen MR) is 83.5 cm³/mol. The average molecular weight is 266 g/mol. The van der Waals surface area contributed by atoms with E-state index in [1.165, 1.54) is 51.5 Å². The minimum atomic E-state index is 0.700. The summed E-state index contributed by atoms with van der Waals surface area (Å²) in [6.07, 6.45) is 9.81. The molecule has 0 radical (unpaired) electrons. The molecule has 112 valence electrons. The summed E-state index contributed by atoms with van der Waals surface area (Å²) in [5, 5.41) is 3.64. The van der Waals surface area contributed by atoms with Gasteiger partial charge in [0.25, 0.3) is 0 Å². The minimum Gasteiger partial charge on any atom is -0.315 e. The summed E-state index contributed by atoms with van der Waals surface area (Å²) >= 11 is 0. The fraction of sp³-hybridized carbons (Fsp3) is 1.00. The van der Waals surface area contributed by atoms with Crippen molar-refractivity contribution in [1.82, 2.24) is 10.2 Å². The van der Waals surface area contributed by atoms with Crippen LogP contribution in [0.2, 0.25) is 0 Å². The van der Waals surface area contributed by atoms with Gasteiger partial charge in [-0.2, -0.15) is 0 Å². The molecule has 0 aromatic carbocycles. The number of nitrogens with zero attached hydrogens (tertiary/aromatic N) is 1. The van der Waals surface area contributed by atoms with Crippen LogP contribution in [-0.2, 0) is 0 Å². The van der Waals surface area contributed by atoms with Gasteiger partial charge in [-0.3, -0.25) is 4.90 Å². The Morgan fingerprint density at radius 1 is 1.11 bits per heavy atom. The van der Waals surface area contributed by atoms with E-state index in [-0.39, 0.29) is 0 Å². The molecule has 19 heavy (non-hydrogen) atoms. The number of likely N-dealkylation sites (tertiary alicyclic amines) is 1. The highest BCUT2D eigenvalue weighted by molar-refractivity contribution is 4.96. The molecule has 0 aromatic heterocycles. The molecule has 1 heterocycles. The number of nitrogens with one attached hydrogen (secondary N) is 1. The normalized spacial score (nSPS) is 42.0. The average Bonchev–Trinajstić information content (AvgIpc) is 2.62. The Hall–Kier alpha value is -0.0800. The number of likely N-dealkylation sites (N-methyl/N-ethyl adjacent to an activating group) is 1. The van der Waals surface area contributed by atoms with Gasteiger partial charge in [0.15, 0.2) is 0 Å². The fourth-order valence-corrected chi connectivity index (χ4v) is 4.72. The van der Waals surface area contributed by atoms with Crippen molar-refractivity contribution in [2.75, 3.05) is 13.6 Å². The van der Waals surface area contributed by atoms with Gasteiger partial charge in [-0.1, -0.05) is 33.6 Å². The maximum absolute atomic E-state index is 3.64. The van der Waals surface area contributed by atoms with Crippen LogP contribution in [0, 0.1) is 11.8 Å². The van der Waals surface area contributed by atoms with Gasteiger partial charge in [-0.15, -0.1) is 0 Å². The van der Waals surface area contributed by atoms with Crippen LogP contribution >= 0.6 is 0 Å². The third kappa shape index (κ3) is 3.52. The van der Waals surface area contributed by atoms with Crippen LogP contribution in [-0.4, -0.2) is 36.6 Å². The van der Waals surface area contributed by atoms with E-state index in [1.807, 2.05) is 0 Å². The van der Waals surface area contributed by atoms with Gasteiger partial charge in [0.1, 0.15) is 0 Å². The Bertz CT molecular complexity index is 266. The van der Waals surface area contributed by atoms with Gasteiger partial charge < -0.3 is 5.32 Å². The highest BCUT2D eigenvalue weighted by Gasteiger charge is 2.39. The molecule has 0 aromatic rings. The second-order valence-corrected chi connectivity index (χ2v) is 7.09. The quantitative estimate of drug-likeness (QED) is 0.838. The summed E-state index contributed by atoms with van der Waals surface area (Å²) in [6, 6.07) is 2.30. The summed E-state index contributed by atoms with van der Waals surface area (Å²) in [5.41, 5.74) is 0. The molecule has 5 unspecified atom stereocenters. The van der Waals surface area contributed by atoms with Gasteiger partial charge in [-0.05, 0) is 57.5 Å².